The van der Waals surface area contributed by atoms with Crippen LogP contribution in [0.3, 0.4) is 0 Å². The Hall–Kier alpha value is -3.29. The number of carbonyl (C=O) groups excluding carboxylic acids is 2. The van der Waals surface area contributed by atoms with Gasteiger partial charge in [0.1, 0.15) is 5.76 Å². The number of benzene rings is 3. The minimum atomic E-state index is -0.787. The first-order valence-electron chi connectivity index (χ1n) is 10.5. The highest BCUT2D eigenvalue weighted by Gasteiger charge is 2.48. The molecule has 1 amide bonds. The Bertz CT molecular complexity index is 1410. The van der Waals surface area contributed by atoms with Gasteiger partial charge in [-0.2, -0.15) is 0 Å². The average molecular weight is 519 g/mol. The Morgan fingerprint density at radius 3 is 2.48 bits per heavy atom. The van der Waals surface area contributed by atoms with E-state index in [1.54, 1.807) is 24.3 Å². The maximum Gasteiger partial charge on any atom is 0.301 e. The summed E-state index contributed by atoms with van der Waals surface area (Å²) >= 11 is 4.81. The number of aryl methyl sites for hydroxylation is 1. The van der Waals surface area contributed by atoms with Gasteiger partial charge in [0.25, 0.3) is 5.78 Å². The highest BCUT2D eigenvalue weighted by Crippen LogP contribution is 2.44. The summed E-state index contributed by atoms with van der Waals surface area (Å²) in [7, 11) is 0. The summed E-state index contributed by atoms with van der Waals surface area (Å²) in [5.74, 6) is -1.62. The lowest BCUT2D eigenvalue weighted by atomic mass is 9.95. The number of carbonyl (C=O) groups is 2. The van der Waals surface area contributed by atoms with Crippen LogP contribution in [0.1, 0.15) is 29.7 Å². The molecule has 0 bridgehead atoms. The zero-order valence-electron chi connectivity index (χ0n) is 17.7. The van der Waals surface area contributed by atoms with E-state index in [1.807, 2.05) is 42.5 Å². The Kier molecular flexibility index (Phi) is 5.60. The molecule has 1 aliphatic heterocycles. The molecule has 164 valence electrons. The highest BCUT2D eigenvalue weighted by molar-refractivity contribution is 9.10. The Morgan fingerprint density at radius 2 is 1.79 bits per heavy atom. The minimum absolute atomic E-state index is 0.0574. The molecule has 5 rings (SSSR count). The topological polar surface area (TPSA) is 70.5 Å². The van der Waals surface area contributed by atoms with E-state index in [4.69, 9.17) is 0 Å². The summed E-state index contributed by atoms with van der Waals surface area (Å²) in [6, 6.07) is 21.4. The molecule has 0 spiro atoms. The van der Waals surface area contributed by atoms with Gasteiger partial charge < -0.3 is 5.11 Å². The third kappa shape index (κ3) is 3.77. The Morgan fingerprint density at radius 1 is 1.06 bits per heavy atom. The van der Waals surface area contributed by atoms with E-state index in [-0.39, 0.29) is 11.3 Å². The number of Topliss-reactive ketones (excluding diaryl/α,β-unsaturated/α-hetero) is 1. The van der Waals surface area contributed by atoms with Crippen LogP contribution in [0.2, 0.25) is 0 Å². The fourth-order valence-electron chi connectivity index (χ4n) is 4.02. The summed E-state index contributed by atoms with van der Waals surface area (Å²) in [5, 5.41) is 11.6. The predicted octanol–water partition coefficient (Wildman–Crippen LogP) is 6.25. The molecular weight excluding hydrogens is 500 g/mol. The second-order valence-electron chi connectivity index (χ2n) is 7.74. The summed E-state index contributed by atoms with van der Waals surface area (Å²) in [6.45, 7) is 2.08. The second kappa shape index (κ2) is 8.57. The predicted molar refractivity (Wildman–Crippen MR) is 134 cm³/mol. The zero-order valence-corrected chi connectivity index (χ0v) is 20.1. The van der Waals surface area contributed by atoms with Gasteiger partial charge in [-0.25, -0.2) is 4.98 Å². The lowest BCUT2D eigenvalue weighted by Gasteiger charge is -2.23. The summed E-state index contributed by atoms with van der Waals surface area (Å²) in [4.78, 5) is 32.6. The molecule has 0 radical (unpaired) electrons. The first kappa shape index (κ1) is 21.6. The van der Waals surface area contributed by atoms with Gasteiger partial charge in [0, 0.05) is 10.0 Å². The van der Waals surface area contributed by atoms with E-state index in [0.717, 1.165) is 21.1 Å². The molecular formula is C26H19BrN2O3S. The van der Waals surface area contributed by atoms with Gasteiger partial charge in [0.2, 0.25) is 0 Å². The first-order chi connectivity index (χ1) is 16.0. The number of amides is 1. The lowest BCUT2D eigenvalue weighted by Crippen LogP contribution is -2.29. The number of aromatic nitrogens is 1. The van der Waals surface area contributed by atoms with Crippen molar-refractivity contribution < 1.29 is 14.7 Å². The normalized spacial score (nSPS) is 17.8. The van der Waals surface area contributed by atoms with Crippen molar-refractivity contribution in [2.45, 2.75) is 19.4 Å². The zero-order chi connectivity index (χ0) is 23.1. The van der Waals surface area contributed by atoms with Gasteiger partial charge >= 0.3 is 5.91 Å². The van der Waals surface area contributed by atoms with E-state index in [2.05, 4.69) is 33.9 Å². The van der Waals surface area contributed by atoms with Gasteiger partial charge in [-0.3, -0.25) is 14.5 Å². The molecule has 1 fully saturated rings. The van der Waals surface area contributed by atoms with Crippen LogP contribution in [0.25, 0.3) is 16.0 Å². The fourth-order valence-corrected chi connectivity index (χ4v) is 5.34. The molecule has 0 unspecified atom stereocenters. The minimum Gasteiger partial charge on any atom is -0.507 e. The molecule has 1 aliphatic rings. The Labute approximate surface area is 203 Å². The maximum absolute atomic E-state index is 13.3. The van der Waals surface area contributed by atoms with E-state index in [9.17, 15) is 14.7 Å². The van der Waals surface area contributed by atoms with Crippen molar-refractivity contribution in [2.24, 2.45) is 0 Å². The number of aliphatic hydroxyl groups excluding tert-OH is 1. The average Bonchev–Trinajstić information content (AvgIpc) is 3.37. The standard InChI is InChI=1S/C26H19BrN2O3S/c1-2-15-8-13-19-20(14-15)33-26(28-19)29-22(16-9-11-18(27)12-10-16)21(24(31)25(29)32)23(30)17-6-4-3-5-7-17/h3-14,22,30H,2H2,1H3/b23-21+/t22-/m0/s1. The number of hydrogen-bond acceptors (Lipinski definition) is 5. The van der Waals surface area contributed by atoms with Gasteiger partial charge in [0.05, 0.1) is 21.8 Å². The van der Waals surface area contributed by atoms with Crippen molar-refractivity contribution in [3.63, 3.8) is 0 Å². The van der Waals surface area contributed by atoms with E-state index in [0.29, 0.717) is 16.3 Å². The van der Waals surface area contributed by atoms with Crippen molar-refractivity contribution in [3.8, 4) is 0 Å². The SMILES string of the molecule is CCc1ccc2nc(N3C(=O)C(=O)/C(=C(/O)c4ccccc4)[C@@H]3c3ccc(Br)cc3)sc2c1. The van der Waals surface area contributed by atoms with E-state index < -0.39 is 17.7 Å². The molecule has 0 saturated carbocycles. The number of rotatable bonds is 4. The van der Waals surface area contributed by atoms with Crippen LogP contribution in [-0.4, -0.2) is 21.8 Å². The van der Waals surface area contributed by atoms with Gasteiger partial charge in [-0.15, -0.1) is 0 Å². The van der Waals surface area contributed by atoms with E-state index >= 15 is 0 Å². The van der Waals surface area contributed by atoms with Gasteiger partial charge in [-0.05, 0) is 41.8 Å². The molecule has 1 atom stereocenters. The fraction of sp³-hybridized carbons (Fsp3) is 0.115. The number of aliphatic hydroxyl groups is 1. The second-order valence-corrected chi connectivity index (χ2v) is 9.66. The number of ketones is 1. The molecule has 0 aliphatic carbocycles. The Balaban J connectivity index is 1.72. The molecule has 3 aromatic carbocycles. The van der Waals surface area contributed by atoms with Crippen molar-refractivity contribution >= 4 is 60.1 Å². The van der Waals surface area contributed by atoms with Crippen molar-refractivity contribution in [3.05, 3.63) is 99.5 Å². The third-order valence-electron chi connectivity index (χ3n) is 5.73. The van der Waals surface area contributed by atoms with Gasteiger partial charge in [-0.1, -0.05) is 82.7 Å². The van der Waals surface area contributed by atoms with Crippen LogP contribution < -0.4 is 4.90 Å². The quantitative estimate of drug-likeness (QED) is 0.197. The molecule has 2 heterocycles. The number of thiazole rings is 1. The number of hydrogen-bond donors (Lipinski definition) is 1. The molecule has 5 nitrogen and oxygen atoms in total. The monoisotopic (exact) mass is 518 g/mol. The summed E-state index contributed by atoms with van der Waals surface area (Å²) < 4.78 is 1.82. The van der Waals surface area contributed by atoms with Crippen LogP contribution in [0.4, 0.5) is 5.13 Å². The molecule has 33 heavy (non-hydrogen) atoms. The summed E-state index contributed by atoms with van der Waals surface area (Å²) in [6.07, 6.45) is 0.893. The number of halogens is 1. The van der Waals surface area contributed by atoms with E-state index in [1.165, 1.54) is 21.8 Å². The molecule has 1 N–H and O–H groups in total. The highest BCUT2D eigenvalue weighted by atomic mass is 79.9. The van der Waals surface area contributed by atoms with Crippen LogP contribution >= 0.6 is 27.3 Å². The molecule has 1 aromatic heterocycles. The third-order valence-corrected chi connectivity index (χ3v) is 7.28. The number of fused-ring (bicyclic) bond motifs is 1. The smallest absolute Gasteiger partial charge is 0.301 e. The van der Waals surface area contributed by atoms with Crippen LogP contribution in [-0.2, 0) is 16.0 Å². The number of nitrogens with zero attached hydrogens (tertiary/aromatic N) is 2. The van der Waals surface area contributed by atoms with Crippen LogP contribution in [0.15, 0.2) is 82.8 Å². The van der Waals surface area contributed by atoms with Gasteiger partial charge in [0.15, 0.2) is 5.13 Å². The molecule has 4 aromatic rings. The number of anilines is 1. The summed E-state index contributed by atoms with van der Waals surface area (Å²) in [5.41, 5.74) is 3.19. The van der Waals surface area contributed by atoms with Crippen LogP contribution in [0.5, 0.6) is 0 Å². The molecule has 7 heteroatoms. The van der Waals surface area contributed by atoms with Crippen molar-refractivity contribution in [1.29, 1.82) is 0 Å². The van der Waals surface area contributed by atoms with Crippen molar-refractivity contribution in [1.82, 2.24) is 4.98 Å². The largest absolute Gasteiger partial charge is 0.507 e. The maximum atomic E-state index is 13.3. The lowest BCUT2D eigenvalue weighted by molar-refractivity contribution is -0.132. The van der Waals surface area contributed by atoms with Crippen molar-refractivity contribution in [2.75, 3.05) is 4.90 Å². The van der Waals surface area contributed by atoms with Crippen LogP contribution in [0, 0.1) is 0 Å². The molecule has 1 saturated heterocycles. The first-order valence-corrected chi connectivity index (χ1v) is 12.1.